The number of nitrogens with two attached hydrogens (primary N) is 1. The maximum atomic E-state index is 13.8. The molecule has 0 amide bonds. The zero-order chi connectivity index (χ0) is 13.8. The zero-order valence-electron chi connectivity index (χ0n) is 11.3. The number of benzene rings is 1. The number of rotatable bonds is 3. The number of thiocarbonyl (C=S) groups is 1. The summed E-state index contributed by atoms with van der Waals surface area (Å²) in [6.45, 7) is 2.27. The van der Waals surface area contributed by atoms with Crippen LogP contribution in [0.1, 0.15) is 44.6 Å². The van der Waals surface area contributed by atoms with Gasteiger partial charge in [-0.3, -0.25) is 0 Å². The van der Waals surface area contributed by atoms with Crippen LogP contribution in [0.25, 0.3) is 0 Å². The van der Waals surface area contributed by atoms with Gasteiger partial charge < -0.3 is 11.1 Å². The van der Waals surface area contributed by atoms with Crippen LogP contribution < -0.4 is 11.1 Å². The van der Waals surface area contributed by atoms with Gasteiger partial charge in [0.25, 0.3) is 0 Å². The largest absolute Gasteiger partial charge is 0.389 e. The number of nitrogens with one attached hydrogen (secondary N) is 1. The molecule has 19 heavy (non-hydrogen) atoms. The third kappa shape index (κ3) is 3.66. The first-order valence-corrected chi connectivity index (χ1v) is 7.34. The Labute approximate surface area is 119 Å². The summed E-state index contributed by atoms with van der Waals surface area (Å²) in [5, 5.41) is 3.45. The lowest BCUT2D eigenvalue weighted by Crippen LogP contribution is -2.26. The van der Waals surface area contributed by atoms with Crippen LogP contribution in [-0.2, 0) is 0 Å². The zero-order valence-corrected chi connectivity index (χ0v) is 12.1. The molecule has 2 atom stereocenters. The third-order valence-corrected chi connectivity index (χ3v) is 4.17. The van der Waals surface area contributed by atoms with Crippen LogP contribution in [0.2, 0.25) is 0 Å². The van der Waals surface area contributed by atoms with Crippen molar-refractivity contribution >= 4 is 22.9 Å². The lowest BCUT2D eigenvalue weighted by molar-refractivity contribution is 0.456. The van der Waals surface area contributed by atoms with Crippen LogP contribution in [-0.4, -0.2) is 11.0 Å². The van der Waals surface area contributed by atoms with Crippen molar-refractivity contribution in [2.45, 2.75) is 45.1 Å². The van der Waals surface area contributed by atoms with E-state index in [4.69, 9.17) is 18.0 Å². The Kier molecular flexibility index (Phi) is 4.75. The average molecular weight is 280 g/mol. The Morgan fingerprint density at radius 1 is 1.32 bits per heavy atom. The SMILES string of the molecule is CC1CCCCCC1Nc1ccc(C(N)=S)c(F)c1. The molecule has 1 aliphatic rings. The first-order chi connectivity index (χ1) is 9.08. The topological polar surface area (TPSA) is 38.0 Å². The molecular formula is C15H21FN2S. The van der Waals surface area contributed by atoms with Crippen LogP contribution >= 0.6 is 12.2 Å². The van der Waals surface area contributed by atoms with Gasteiger partial charge in [-0.1, -0.05) is 38.4 Å². The van der Waals surface area contributed by atoms with Gasteiger partial charge in [0, 0.05) is 17.3 Å². The fraction of sp³-hybridized carbons (Fsp3) is 0.533. The van der Waals surface area contributed by atoms with E-state index < -0.39 is 0 Å². The van der Waals surface area contributed by atoms with Gasteiger partial charge in [-0.2, -0.15) is 0 Å². The van der Waals surface area contributed by atoms with Gasteiger partial charge in [-0.15, -0.1) is 0 Å². The molecule has 0 saturated heterocycles. The van der Waals surface area contributed by atoms with E-state index in [2.05, 4.69) is 12.2 Å². The summed E-state index contributed by atoms with van der Waals surface area (Å²) in [6.07, 6.45) is 6.24. The maximum Gasteiger partial charge on any atom is 0.135 e. The quantitative estimate of drug-likeness (QED) is 0.652. The Morgan fingerprint density at radius 2 is 2.05 bits per heavy atom. The molecule has 0 aromatic heterocycles. The van der Waals surface area contributed by atoms with E-state index in [-0.39, 0.29) is 10.8 Å². The molecule has 0 heterocycles. The number of anilines is 1. The predicted molar refractivity (Wildman–Crippen MR) is 81.9 cm³/mol. The van der Waals surface area contributed by atoms with E-state index in [9.17, 15) is 4.39 Å². The van der Waals surface area contributed by atoms with Gasteiger partial charge in [0.2, 0.25) is 0 Å². The van der Waals surface area contributed by atoms with Crippen molar-refractivity contribution < 1.29 is 4.39 Å². The van der Waals surface area contributed by atoms with Crippen molar-refractivity contribution in [2.75, 3.05) is 5.32 Å². The minimum absolute atomic E-state index is 0.104. The van der Waals surface area contributed by atoms with Crippen LogP contribution in [0.4, 0.5) is 10.1 Å². The lowest BCUT2D eigenvalue weighted by Gasteiger charge is -2.24. The van der Waals surface area contributed by atoms with E-state index in [1.165, 1.54) is 31.7 Å². The molecule has 4 heteroatoms. The van der Waals surface area contributed by atoms with Gasteiger partial charge in [0.05, 0.1) is 0 Å². The fourth-order valence-corrected chi connectivity index (χ4v) is 2.89. The highest BCUT2D eigenvalue weighted by Crippen LogP contribution is 2.26. The van der Waals surface area contributed by atoms with Crippen molar-refractivity contribution in [1.82, 2.24) is 0 Å². The smallest absolute Gasteiger partial charge is 0.135 e. The van der Waals surface area contributed by atoms with Gasteiger partial charge in [-0.25, -0.2) is 4.39 Å². The van der Waals surface area contributed by atoms with E-state index in [0.29, 0.717) is 17.5 Å². The second kappa shape index (κ2) is 6.33. The number of halogens is 1. The first-order valence-electron chi connectivity index (χ1n) is 6.94. The molecular weight excluding hydrogens is 259 g/mol. The Balaban J connectivity index is 2.10. The summed E-state index contributed by atoms with van der Waals surface area (Å²) in [7, 11) is 0. The van der Waals surface area contributed by atoms with Crippen molar-refractivity contribution in [3.05, 3.63) is 29.6 Å². The van der Waals surface area contributed by atoms with Crippen LogP contribution in [0.15, 0.2) is 18.2 Å². The normalized spacial score (nSPS) is 23.7. The standard InChI is InChI=1S/C15H21FN2S/c1-10-5-3-2-4-6-14(10)18-11-7-8-12(15(17)19)13(16)9-11/h7-10,14,18H,2-6H2,1H3,(H2,17,19). The molecule has 2 nitrogen and oxygen atoms in total. The average Bonchev–Trinajstić information content (AvgIpc) is 2.55. The second-order valence-electron chi connectivity index (χ2n) is 5.43. The molecule has 1 aromatic rings. The van der Waals surface area contributed by atoms with Crippen molar-refractivity contribution in [3.8, 4) is 0 Å². The molecule has 1 fully saturated rings. The molecule has 1 saturated carbocycles. The van der Waals surface area contributed by atoms with Gasteiger partial charge in [-0.05, 0) is 37.0 Å². The molecule has 104 valence electrons. The van der Waals surface area contributed by atoms with Crippen LogP contribution in [0, 0.1) is 11.7 Å². The maximum absolute atomic E-state index is 13.8. The molecule has 0 aliphatic heterocycles. The molecule has 1 aromatic carbocycles. The molecule has 0 radical (unpaired) electrons. The highest BCUT2D eigenvalue weighted by Gasteiger charge is 2.20. The Bertz CT molecular complexity index is 461. The van der Waals surface area contributed by atoms with E-state index in [1.807, 2.05) is 6.07 Å². The summed E-state index contributed by atoms with van der Waals surface area (Å²) in [4.78, 5) is 0.104. The molecule has 0 spiro atoms. The summed E-state index contributed by atoms with van der Waals surface area (Å²) >= 11 is 4.81. The highest BCUT2D eigenvalue weighted by atomic mass is 32.1. The third-order valence-electron chi connectivity index (χ3n) is 3.95. The number of hydrogen-bond donors (Lipinski definition) is 2. The van der Waals surface area contributed by atoms with Crippen molar-refractivity contribution in [2.24, 2.45) is 11.7 Å². The molecule has 1 aliphatic carbocycles. The van der Waals surface area contributed by atoms with Crippen molar-refractivity contribution in [1.29, 1.82) is 0 Å². The predicted octanol–water partition coefficient (Wildman–Crippen LogP) is 3.84. The summed E-state index contributed by atoms with van der Waals surface area (Å²) in [5.41, 5.74) is 6.59. The van der Waals surface area contributed by atoms with Gasteiger partial charge >= 0.3 is 0 Å². The molecule has 2 unspecified atom stereocenters. The monoisotopic (exact) mass is 280 g/mol. The minimum atomic E-state index is -0.348. The number of hydrogen-bond acceptors (Lipinski definition) is 2. The summed E-state index contributed by atoms with van der Waals surface area (Å²) < 4.78 is 13.8. The van der Waals surface area contributed by atoms with E-state index >= 15 is 0 Å². The molecule has 3 N–H and O–H groups in total. The summed E-state index contributed by atoms with van der Waals surface area (Å²) in [6, 6.07) is 5.43. The Morgan fingerprint density at radius 3 is 2.74 bits per heavy atom. The van der Waals surface area contributed by atoms with Crippen LogP contribution in [0.3, 0.4) is 0 Å². The Hall–Kier alpha value is -1.16. The fourth-order valence-electron chi connectivity index (χ4n) is 2.73. The van der Waals surface area contributed by atoms with E-state index in [0.717, 1.165) is 12.1 Å². The first kappa shape index (κ1) is 14.3. The van der Waals surface area contributed by atoms with E-state index in [1.54, 1.807) is 6.07 Å². The van der Waals surface area contributed by atoms with Crippen LogP contribution in [0.5, 0.6) is 0 Å². The van der Waals surface area contributed by atoms with Gasteiger partial charge in [0.1, 0.15) is 10.8 Å². The lowest BCUT2D eigenvalue weighted by atomic mass is 9.96. The molecule has 0 bridgehead atoms. The van der Waals surface area contributed by atoms with Gasteiger partial charge in [0.15, 0.2) is 0 Å². The van der Waals surface area contributed by atoms with Crippen molar-refractivity contribution in [3.63, 3.8) is 0 Å². The minimum Gasteiger partial charge on any atom is -0.389 e. The molecule has 2 rings (SSSR count). The summed E-state index contributed by atoms with van der Waals surface area (Å²) in [5.74, 6) is 0.277. The highest BCUT2D eigenvalue weighted by molar-refractivity contribution is 7.80. The second-order valence-corrected chi connectivity index (χ2v) is 5.86.